The Labute approximate surface area is 99.5 Å². The number of nitriles is 1. The number of sulfone groups is 1. The van der Waals surface area contributed by atoms with E-state index in [1.54, 1.807) is 6.07 Å². The fourth-order valence-electron chi connectivity index (χ4n) is 1.21. The van der Waals surface area contributed by atoms with Crippen molar-refractivity contribution in [2.75, 3.05) is 6.26 Å². The zero-order chi connectivity index (χ0) is 13.1. The van der Waals surface area contributed by atoms with Gasteiger partial charge >= 0.3 is 5.97 Å². The highest BCUT2D eigenvalue weighted by Gasteiger charge is 2.20. The Kier molecular flexibility index (Phi) is 3.86. The third-order valence-corrected chi connectivity index (χ3v) is 3.13. The summed E-state index contributed by atoms with van der Waals surface area (Å²) in [6.45, 7) is 1.40. The van der Waals surface area contributed by atoms with Crippen molar-refractivity contribution in [1.82, 2.24) is 0 Å². The fourth-order valence-corrected chi connectivity index (χ4v) is 2.09. The minimum atomic E-state index is -3.50. The predicted octanol–water partition coefficient (Wildman–Crippen LogP) is 1.16. The van der Waals surface area contributed by atoms with Crippen LogP contribution in [0.25, 0.3) is 0 Å². The van der Waals surface area contributed by atoms with Gasteiger partial charge in [-0.15, -0.1) is 0 Å². The van der Waals surface area contributed by atoms with E-state index >= 15 is 0 Å². The molecule has 17 heavy (non-hydrogen) atoms. The summed E-state index contributed by atoms with van der Waals surface area (Å²) >= 11 is 0. The molecule has 0 aromatic heterocycles. The molecule has 0 aliphatic rings. The van der Waals surface area contributed by atoms with Gasteiger partial charge in [-0.3, -0.25) is 0 Å². The molecule has 0 saturated carbocycles. The average molecular weight is 253 g/mol. The summed E-state index contributed by atoms with van der Waals surface area (Å²) in [6, 6.07) is 7.45. The van der Waals surface area contributed by atoms with Gasteiger partial charge in [0.1, 0.15) is 6.07 Å². The minimum absolute atomic E-state index is 0.0582. The summed E-state index contributed by atoms with van der Waals surface area (Å²) < 4.78 is 27.6. The van der Waals surface area contributed by atoms with E-state index in [0.29, 0.717) is 0 Å². The normalized spacial score (nSPS) is 12.5. The van der Waals surface area contributed by atoms with Crippen LogP contribution in [-0.2, 0) is 14.6 Å². The number of esters is 1. The van der Waals surface area contributed by atoms with Crippen LogP contribution < -0.4 is 0 Å². The molecule has 90 valence electrons. The molecule has 0 heterocycles. The van der Waals surface area contributed by atoms with E-state index in [1.807, 2.05) is 0 Å². The maximum absolute atomic E-state index is 11.6. The molecular formula is C11H11NO4S. The van der Waals surface area contributed by atoms with Gasteiger partial charge in [0.05, 0.1) is 10.5 Å². The Morgan fingerprint density at radius 1 is 1.41 bits per heavy atom. The van der Waals surface area contributed by atoms with Crippen LogP contribution in [0.5, 0.6) is 0 Å². The number of rotatable bonds is 3. The molecular weight excluding hydrogens is 242 g/mol. The third-order valence-electron chi connectivity index (χ3n) is 1.97. The van der Waals surface area contributed by atoms with Crippen LogP contribution >= 0.6 is 0 Å². The summed E-state index contributed by atoms with van der Waals surface area (Å²) in [4.78, 5) is 11.5. The predicted molar refractivity (Wildman–Crippen MR) is 60.0 cm³/mol. The molecule has 6 heteroatoms. The highest BCUT2D eigenvalue weighted by molar-refractivity contribution is 7.90. The molecule has 0 amide bonds. The lowest BCUT2D eigenvalue weighted by molar-refractivity contribution is 0.0431. The Bertz CT molecular complexity index is 571. The molecule has 1 atom stereocenters. The lowest BCUT2D eigenvalue weighted by atomic mass is 10.2. The molecule has 0 aliphatic heterocycles. The summed E-state index contributed by atoms with van der Waals surface area (Å²) in [5.74, 6) is -0.819. The van der Waals surface area contributed by atoms with Crippen LogP contribution in [0.2, 0.25) is 0 Å². The van der Waals surface area contributed by atoms with Crippen LogP contribution in [-0.4, -0.2) is 26.7 Å². The lowest BCUT2D eigenvalue weighted by Crippen LogP contribution is -2.16. The molecule has 0 unspecified atom stereocenters. The van der Waals surface area contributed by atoms with Gasteiger partial charge in [-0.05, 0) is 19.1 Å². The van der Waals surface area contributed by atoms with Gasteiger partial charge in [-0.25, -0.2) is 13.2 Å². The van der Waals surface area contributed by atoms with Crippen molar-refractivity contribution in [3.8, 4) is 6.07 Å². The second-order valence-corrected chi connectivity index (χ2v) is 5.43. The topological polar surface area (TPSA) is 84.2 Å². The average Bonchev–Trinajstić information content (AvgIpc) is 2.27. The summed E-state index contributed by atoms with van der Waals surface area (Å²) in [5, 5.41) is 8.51. The summed E-state index contributed by atoms with van der Waals surface area (Å²) in [6.07, 6.45) is 0.0856. The second kappa shape index (κ2) is 4.97. The van der Waals surface area contributed by atoms with Crippen LogP contribution in [0, 0.1) is 11.3 Å². The van der Waals surface area contributed by atoms with Gasteiger partial charge in [0.25, 0.3) is 0 Å². The summed E-state index contributed by atoms with van der Waals surface area (Å²) in [5.41, 5.74) is -0.0582. The standard InChI is InChI=1S/C11H11NO4S/c1-8(7-12)16-11(13)9-5-3-4-6-10(9)17(2,14)15/h3-6,8H,1-2H3/t8-/m1/s1. The molecule has 1 aromatic rings. The van der Waals surface area contributed by atoms with Gasteiger partial charge in [0.2, 0.25) is 0 Å². The molecule has 0 saturated heterocycles. The summed E-state index contributed by atoms with van der Waals surface area (Å²) in [7, 11) is -3.50. The van der Waals surface area contributed by atoms with E-state index in [-0.39, 0.29) is 10.5 Å². The van der Waals surface area contributed by atoms with Gasteiger partial charge in [0.15, 0.2) is 15.9 Å². The molecule has 5 nitrogen and oxygen atoms in total. The Balaban J connectivity index is 3.16. The van der Waals surface area contributed by atoms with Crippen molar-refractivity contribution in [3.63, 3.8) is 0 Å². The first kappa shape index (κ1) is 13.2. The highest BCUT2D eigenvalue weighted by Crippen LogP contribution is 2.16. The fraction of sp³-hybridized carbons (Fsp3) is 0.273. The highest BCUT2D eigenvalue weighted by atomic mass is 32.2. The maximum Gasteiger partial charge on any atom is 0.340 e. The van der Waals surface area contributed by atoms with Gasteiger partial charge in [-0.1, -0.05) is 12.1 Å². The molecule has 0 spiro atoms. The van der Waals surface area contributed by atoms with Crippen molar-refractivity contribution < 1.29 is 17.9 Å². The molecule has 1 aromatic carbocycles. The number of nitrogens with zero attached hydrogens (tertiary/aromatic N) is 1. The first-order chi connectivity index (χ1) is 7.86. The molecule has 0 bridgehead atoms. The van der Waals surface area contributed by atoms with Crippen molar-refractivity contribution in [2.45, 2.75) is 17.9 Å². The molecule has 0 fully saturated rings. The maximum atomic E-state index is 11.6. The van der Waals surface area contributed by atoms with Gasteiger partial charge in [0, 0.05) is 6.26 Å². The number of benzene rings is 1. The first-order valence-corrected chi connectivity index (χ1v) is 6.65. The molecule has 1 rings (SSSR count). The third kappa shape index (κ3) is 3.29. The van der Waals surface area contributed by atoms with Crippen LogP contribution in [0.1, 0.15) is 17.3 Å². The molecule has 0 N–H and O–H groups in total. The van der Waals surface area contributed by atoms with Crippen molar-refractivity contribution >= 4 is 15.8 Å². The van der Waals surface area contributed by atoms with E-state index in [4.69, 9.17) is 10.00 Å². The van der Waals surface area contributed by atoms with E-state index in [9.17, 15) is 13.2 Å². The zero-order valence-electron chi connectivity index (χ0n) is 9.38. The van der Waals surface area contributed by atoms with E-state index in [0.717, 1.165) is 6.26 Å². The Morgan fingerprint density at radius 2 is 2.00 bits per heavy atom. The lowest BCUT2D eigenvalue weighted by Gasteiger charge is -2.08. The van der Waals surface area contributed by atoms with E-state index in [1.165, 1.54) is 31.2 Å². The first-order valence-electron chi connectivity index (χ1n) is 4.76. The number of hydrogen-bond donors (Lipinski definition) is 0. The van der Waals surface area contributed by atoms with Crippen molar-refractivity contribution in [3.05, 3.63) is 29.8 Å². The van der Waals surface area contributed by atoms with E-state index < -0.39 is 21.9 Å². The van der Waals surface area contributed by atoms with Gasteiger partial charge < -0.3 is 4.74 Å². The van der Waals surface area contributed by atoms with Crippen LogP contribution in [0.4, 0.5) is 0 Å². The Hall–Kier alpha value is -1.87. The molecule has 0 radical (unpaired) electrons. The number of carbonyl (C=O) groups is 1. The number of hydrogen-bond acceptors (Lipinski definition) is 5. The SMILES string of the molecule is C[C@H](C#N)OC(=O)c1ccccc1S(C)(=O)=O. The minimum Gasteiger partial charge on any atom is -0.444 e. The molecule has 0 aliphatic carbocycles. The van der Waals surface area contributed by atoms with Crippen molar-refractivity contribution in [2.24, 2.45) is 0 Å². The Morgan fingerprint density at radius 3 is 2.53 bits per heavy atom. The zero-order valence-corrected chi connectivity index (χ0v) is 10.2. The number of ether oxygens (including phenoxy) is 1. The monoisotopic (exact) mass is 253 g/mol. The quantitative estimate of drug-likeness (QED) is 0.755. The van der Waals surface area contributed by atoms with Crippen LogP contribution in [0.15, 0.2) is 29.2 Å². The number of carbonyl (C=O) groups excluding carboxylic acids is 1. The van der Waals surface area contributed by atoms with Gasteiger partial charge in [-0.2, -0.15) is 5.26 Å². The van der Waals surface area contributed by atoms with Crippen molar-refractivity contribution in [1.29, 1.82) is 5.26 Å². The van der Waals surface area contributed by atoms with Crippen LogP contribution in [0.3, 0.4) is 0 Å². The van der Waals surface area contributed by atoms with E-state index in [2.05, 4.69) is 0 Å². The largest absolute Gasteiger partial charge is 0.444 e. The smallest absolute Gasteiger partial charge is 0.340 e. The second-order valence-electron chi connectivity index (χ2n) is 3.44.